The van der Waals surface area contributed by atoms with E-state index in [2.05, 4.69) is 10.5 Å². The molecular weight excluding hydrogens is 352 g/mol. The van der Waals surface area contributed by atoms with Crippen molar-refractivity contribution in [3.63, 3.8) is 0 Å². The molecular formula is C20H17ClN2O3. The molecule has 0 aliphatic heterocycles. The van der Waals surface area contributed by atoms with Crippen LogP contribution in [0, 0.1) is 0 Å². The average Bonchev–Trinajstić information content (AvgIpc) is 2.68. The molecule has 0 aromatic heterocycles. The van der Waals surface area contributed by atoms with Crippen LogP contribution in [0.25, 0.3) is 10.8 Å². The molecule has 132 valence electrons. The van der Waals surface area contributed by atoms with Gasteiger partial charge in [-0.3, -0.25) is 4.79 Å². The second-order valence-corrected chi connectivity index (χ2v) is 5.86. The lowest BCUT2D eigenvalue weighted by molar-refractivity contribution is 0.0957. The highest BCUT2D eigenvalue weighted by atomic mass is 35.5. The van der Waals surface area contributed by atoms with E-state index in [0.717, 1.165) is 10.8 Å². The number of benzene rings is 3. The molecule has 0 radical (unpaired) electrons. The Hall–Kier alpha value is -3.05. The quantitative estimate of drug-likeness (QED) is 0.540. The van der Waals surface area contributed by atoms with Crippen molar-refractivity contribution in [1.82, 2.24) is 5.43 Å². The minimum absolute atomic E-state index is 0.297. The highest BCUT2D eigenvalue weighted by Gasteiger charge is 2.10. The Morgan fingerprint density at radius 3 is 2.50 bits per heavy atom. The summed E-state index contributed by atoms with van der Waals surface area (Å²) in [5.41, 5.74) is 3.69. The predicted octanol–water partition coefficient (Wildman–Crippen LogP) is 4.27. The maximum atomic E-state index is 12.5. The Labute approximate surface area is 156 Å². The molecule has 0 atom stereocenters. The van der Waals surface area contributed by atoms with Gasteiger partial charge in [0, 0.05) is 17.2 Å². The minimum Gasteiger partial charge on any atom is -0.493 e. The topological polar surface area (TPSA) is 59.9 Å². The van der Waals surface area contributed by atoms with E-state index in [-0.39, 0.29) is 5.91 Å². The van der Waals surface area contributed by atoms with Gasteiger partial charge in [-0.25, -0.2) is 5.43 Å². The largest absolute Gasteiger partial charge is 0.493 e. The van der Waals surface area contributed by atoms with Crippen LogP contribution in [-0.2, 0) is 0 Å². The molecule has 0 spiro atoms. The number of amides is 1. The molecule has 5 nitrogen and oxygen atoms in total. The van der Waals surface area contributed by atoms with E-state index in [4.69, 9.17) is 21.1 Å². The monoisotopic (exact) mass is 368 g/mol. The number of carbonyl (C=O) groups excluding carboxylic acids is 1. The Balaban J connectivity index is 1.81. The van der Waals surface area contributed by atoms with Gasteiger partial charge in [0.25, 0.3) is 5.91 Å². The molecule has 0 fully saturated rings. The number of rotatable bonds is 5. The van der Waals surface area contributed by atoms with Crippen molar-refractivity contribution in [2.24, 2.45) is 5.10 Å². The average molecular weight is 369 g/mol. The van der Waals surface area contributed by atoms with E-state index < -0.39 is 0 Å². The summed E-state index contributed by atoms with van der Waals surface area (Å²) in [6.07, 6.45) is 1.47. The van der Waals surface area contributed by atoms with Crippen molar-refractivity contribution >= 4 is 34.5 Å². The summed E-state index contributed by atoms with van der Waals surface area (Å²) >= 11 is 6.21. The van der Waals surface area contributed by atoms with Crippen molar-refractivity contribution in [3.8, 4) is 11.5 Å². The minimum atomic E-state index is -0.297. The lowest BCUT2D eigenvalue weighted by atomic mass is 10.0. The number of hydrogen-bond acceptors (Lipinski definition) is 4. The van der Waals surface area contributed by atoms with E-state index >= 15 is 0 Å². The number of fused-ring (bicyclic) bond motifs is 1. The normalized spacial score (nSPS) is 10.9. The third-order valence-corrected chi connectivity index (χ3v) is 4.23. The van der Waals surface area contributed by atoms with Gasteiger partial charge < -0.3 is 9.47 Å². The van der Waals surface area contributed by atoms with Crippen molar-refractivity contribution in [3.05, 3.63) is 70.7 Å². The van der Waals surface area contributed by atoms with Gasteiger partial charge in [0.2, 0.25) is 0 Å². The number of nitrogens with one attached hydrogen (secondary N) is 1. The first-order valence-corrected chi connectivity index (χ1v) is 8.24. The third kappa shape index (κ3) is 3.63. The molecule has 26 heavy (non-hydrogen) atoms. The summed E-state index contributed by atoms with van der Waals surface area (Å²) in [6.45, 7) is 0. The van der Waals surface area contributed by atoms with Gasteiger partial charge in [-0.1, -0.05) is 48.0 Å². The first kappa shape index (κ1) is 17.8. The van der Waals surface area contributed by atoms with Gasteiger partial charge in [-0.15, -0.1) is 0 Å². The van der Waals surface area contributed by atoms with Crippen LogP contribution < -0.4 is 14.9 Å². The predicted molar refractivity (Wildman–Crippen MR) is 104 cm³/mol. The molecule has 3 aromatic carbocycles. The van der Waals surface area contributed by atoms with Crippen LogP contribution in [0.3, 0.4) is 0 Å². The zero-order valence-corrected chi connectivity index (χ0v) is 15.1. The molecule has 3 rings (SSSR count). The summed E-state index contributed by atoms with van der Waals surface area (Å²) in [6, 6.07) is 16.6. The van der Waals surface area contributed by atoms with Crippen LogP contribution in [0.4, 0.5) is 0 Å². The van der Waals surface area contributed by atoms with Gasteiger partial charge in [-0.05, 0) is 22.9 Å². The lowest BCUT2D eigenvalue weighted by Gasteiger charge is -2.09. The lowest BCUT2D eigenvalue weighted by Crippen LogP contribution is -2.18. The maximum absolute atomic E-state index is 12.5. The molecule has 1 amide bonds. The number of halogens is 1. The number of carbonyl (C=O) groups is 1. The zero-order chi connectivity index (χ0) is 18.5. The van der Waals surface area contributed by atoms with Crippen LogP contribution in [0.15, 0.2) is 59.7 Å². The number of nitrogens with zero attached hydrogens (tertiary/aromatic N) is 1. The van der Waals surface area contributed by atoms with Crippen LogP contribution in [-0.4, -0.2) is 26.3 Å². The number of ether oxygens (including phenoxy) is 2. The maximum Gasteiger partial charge on any atom is 0.271 e. The fraction of sp³-hybridized carbons (Fsp3) is 0.100. The Morgan fingerprint density at radius 2 is 1.73 bits per heavy atom. The summed E-state index contributed by atoms with van der Waals surface area (Å²) < 4.78 is 10.4. The van der Waals surface area contributed by atoms with E-state index in [1.54, 1.807) is 18.2 Å². The number of methoxy groups -OCH3 is 2. The molecule has 0 bridgehead atoms. The van der Waals surface area contributed by atoms with E-state index in [1.807, 2.05) is 36.4 Å². The van der Waals surface area contributed by atoms with Gasteiger partial charge in [0.1, 0.15) is 0 Å². The van der Waals surface area contributed by atoms with E-state index in [9.17, 15) is 4.79 Å². The van der Waals surface area contributed by atoms with Crippen molar-refractivity contribution in [2.45, 2.75) is 0 Å². The molecule has 6 heteroatoms. The molecule has 3 aromatic rings. The van der Waals surface area contributed by atoms with E-state index in [1.165, 1.54) is 20.4 Å². The summed E-state index contributed by atoms with van der Waals surface area (Å²) in [4.78, 5) is 12.5. The molecule has 0 unspecified atom stereocenters. The number of hydrazone groups is 1. The van der Waals surface area contributed by atoms with Crippen molar-refractivity contribution in [1.29, 1.82) is 0 Å². The van der Waals surface area contributed by atoms with Crippen molar-refractivity contribution in [2.75, 3.05) is 14.2 Å². The summed E-state index contributed by atoms with van der Waals surface area (Å²) in [5.74, 6) is 0.753. The Kier molecular flexibility index (Phi) is 5.39. The van der Waals surface area contributed by atoms with Crippen molar-refractivity contribution < 1.29 is 14.3 Å². The number of hydrogen-bond donors (Lipinski definition) is 1. The van der Waals surface area contributed by atoms with Crippen LogP contribution in [0.2, 0.25) is 5.02 Å². The Morgan fingerprint density at radius 1 is 1.04 bits per heavy atom. The zero-order valence-electron chi connectivity index (χ0n) is 14.3. The fourth-order valence-corrected chi connectivity index (χ4v) is 2.82. The van der Waals surface area contributed by atoms with Gasteiger partial charge in [0.05, 0.1) is 25.5 Å². The van der Waals surface area contributed by atoms with Gasteiger partial charge >= 0.3 is 0 Å². The van der Waals surface area contributed by atoms with Gasteiger partial charge in [-0.2, -0.15) is 5.10 Å². The molecule has 0 saturated carbocycles. The van der Waals surface area contributed by atoms with Crippen LogP contribution in [0.1, 0.15) is 15.9 Å². The fourth-order valence-electron chi connectivity index (χ4n) is 2.61. The molecule has 0 saturated heterocycles. The molecule has 0 aliphatic rings. The highest BCUT2D eigenvalue weighted by molar-refractivity contribution is 6.33. The molecule has 1 N–H and O–H groups in total. The SMILES string of the molecule is COc1cc(Cl)c(/C=N\NC(=O)c2cccc3ccccc23)cc1OC. The first-order valence-electron chi connectivity index (χ1n) is 7.86. The van der Waals surface area contributed by atoms with Crippen LogP contribution >= 0.6 is 11.6 Å². The first-order chi connectivity index (χ1) is 12.6. The summed E-state index contributed by atoms with van der Waals surface area (Å²) in [7, 11) is 3.07. The Bertz CT molecular complexity index is 981. The van der Waals surface area contributed by atoms with Gasteiger partial charge in [0.15, 0.2) is 11.5 Å². The standard InChI is InChI=1S/C20H17ClN2O3/c1-25-18-10-14(17(21)11-19(18)26-2)12-22-23-20(24)16-9-5-7-13-6-3-4-8-15(13)16/h3-12H,1-2H3,(H,23,24)/b22-12-. The van der Waals surface area contributed by atoms with E-state index in [0.29, 0.717) is 27.6 Å². The second kappa shape index (κ2) is 7.89. The molecule has 0 heterocycles. The smallest absolute Gasteiger partial charge is 0.271 e. The highest BCUT2D eigenvalue weighted by Crippen LogP contribution is 2.32. The second-order valence-electron chi connectivity index (χ2n) is 5.45. The van der Waals surface area contributed by atoms with Crippen LogP contribution in [0.5, 0.6) is 11.5 Å². The third-order valence-electron chi connectivity index (χ3n) is 3.91. The summed E-state index contributed by atoms with van der Waals surface area (Å²) in [5, 5.41) is 6.31. The molecule has 0 aliphatic carbocycles.